The van der Waals surface area contributed by atoms with Gasteiger partial charge in [-0.15, -0.1) is 11.3 Å². The van der Waals surface area contributed by atoms with E-state index in [0.717, 1.165) is 43.1 Å². The highest BCUT2D eigenvalue weighted by atomic mass is 32.1. The SMILES string of the molecule is CCN1CCc2nc(NC(=O)c3ccccc3N(C)c3ccccc3)sc2C1. The van der Waals surface area contributed by atoms with Crippen LogP contribution in [0.4, 0.5) is 16.5 Å². The number of hydrogen-bond acceptors (Lipinski definition) is 5. The third kappa shape index (κ3) is 3.79. The molecule has 0 saturated carbocycles. The van der Waals surface area contributed by atoms with Crippen LogP contribution in [0.5, 0.6) is 0 Å². The molecule has 0 spiro atoms. The van der Waals surface area contributed by atoms with E-state index in [1.165, 1.54) is 4.88 Å². The van der Waals surface area contributed by atoms with Gasteiger partial charge in [-0.3, -0.25) is 15.0 Å². The van der Waals surface area contributed by atoms with Gasteiger partial charge in [-0.2, -0.15) is 0 Å². The zero-order chi connectivity index (χ0) is 19.5. The van der Waals surface area contributed by atoms with E-state index in [4.69, 9.17) is 0 Å². The molecule has 0 fully saturated rings. The molecule has 1 aliphatic heterocycles. The molecule has 1 aliphatic rings. The molecule has 1 aromatic heterocycles. The number of aromatic nitrogens is 1. The zero-order valence-corrected chi connectivity index (χ0v) is 17.0. The first-order valence-electron chi connectivity index (χ1n) is 9.55. The van der Waals surface area contributed by atoms with E-state index >= 15 is 0 Å². The van der Waals surface area contributed by atoms with Crippen LogP contribution in [0, 0.1) is 0 Å². The molecular weight excluding hydrogens is 368 g/mol. The molecule has 0 bridgehead atoms. The van der Waals surface area contributed by atoms with Crippen molar-refractivity contribution < 1.29 is 4.79 Å². The number of anilines is 3. The maximum Gasteiger partial charge on any atom is 0.259 e. The van der Waals surface area contributed by atoms with Crippen molar-refractivity contribution >= 4 is 33.8 Å². The summed E-state index contributed by atoms with van der Waals surface area (Å²) in [5.74, 6) is -0.128. The summed E-state index contributed by atoms with van der Waals surface area (Å²) in [4.78, 5) is 23.4. The first kappa shape index (κ1) is 18.7. The van der Waals surface area contributed by atoms with Gasteiger partial charge < -0.3 is 4.90 Å². The van der Waals surface area contributed by atoms with E-state index in [9.17, 15) is 4.79 Å². The Morgan fingerprint density at radius 3 is 2.71 bits per heavy atom. The fourth-order valence-electron chi connectivity index (χ4n) is 3.49. The lowest BCUT2D eigenvalue weighted by atomic mass is 10.1. The number of benzene rings is 2. The van der Waals surface area contributed by atoms with Crippen LogP contribution >= 0.6 is 11.3 Å². The van der Waals surface area contributed by atoms with Crippen LogP contribution in [0.2, 0.25) is 0 Å². The van der Waals surface area contributed by atoms with Crippen LogP contribution in [-0.2, 0) is 13.0 Å². The van der Waals surface area contributed by atoms with Crippen molar-refractivity contribution in [2.45, 2.75) is 19.9 Å². The molecule has 6 heteroatoms. The minimum Gasteiger partial charge on any atom is -0.344 e. The Bertz CT molecular complexity index is 970. The molecule has 0 radical (unpaired) electrons. The minimum atomic E-state index is -0.128. The van der Waals surface area contributed by atoms with E-state index in [0.29, 0.717) is 10.7 Å². The van der Waals surface area contributed by atoms with E-state index < -0.39 is 0 Å². The van der Waals surface area contributed by atoms with Gasteiger partial charge in [0, 0.05) is 37.1 Å². The molecule has 0 atom stereocenters. The number of carbonyl (C=O) groups excluding carboxylic acids is 1. The number of nitrogens with zero attached hydrogens (tertiary/aromatic N) is 3. The summed E-state index contributed by atoms with van der Waals surface area (Å²) in [6, 6.07) is 17.7. The van der Waals surface area contributed by atoms with E-state index in [2.05, 4.69) is 22.1 Å². The van der Waals surface area contributed by atoms with Gasteiger partial charge >= 0.3 is 0 Å². The van der Waals surface area contributed by atoms with Crippen molar-refractivity contribution in [1.82, 2.24) is 9.88 Å². The predicted molar refractivity (Wildman–Crippen MR) is 116 cm³/mol. The normalized spacial score (nSPS) is 13.8. The van der Waals surface area contributed by atoms with Gasteiger partial charge in [0.15, 0.2) is 5.13 Å². The Morgan fingerprint density at radius 1 is 1.18 bits per heavy atom. The Kier molecular flexibility index (Phi) is 5.41. The zero-order valence-electron chi connectivity index (χ0n) is 16.2. The maximum atomic E-state index is 13.0. The summed E-state index contributed by atoms with van der Waals surface area (Å²) in [7, 11) is 1.98. The van der Waals surface area contributed by atoms with Crippen molar-refractivity contribution in [3.63, 3.8) is 0 Å². The Labute approximate surface area is 169 Å². The molecule has 1 N–H and O–H groups in total. The third-order valence-electron chi connectivity index (χ3n) is 5.13. The largest absolute Gasteiger partial charge is 0.344 e. The second-order valence-electron chi connectivity index (χ2n) is 6.87. The van der Waals surface area contributed by atoms with Crippen molar-refractivity contribution in [3.8, 4) is 0 Å². The number of nitrogens with one attached hydrogen (secondary N) is 1. The smallest absolute Gasteiger partial charge is 0.259 e. The first-order valence-corrected chi connectivity index (χ1v) is 10.4. The molecule has 144 valence electrons. The monoisotopic (exact) mass is 392 g/mol. The van der Waals surface area contributed by atoms with E-state index in [-0.39, 0.29) is 5.91 Å². The topological polar surface area (TPSA) is 48.5 Å². The van der Waals surface area contributed by atoms with Gasteiger partial charge in [0.25, 0.3) is 5.91 Å². The molecule has 0 unspecified atom stereocenters. The lowest BCUT2D eigenvalue weighted by Crippen LogP contribution is -2.29. The van der Waals surface area contributed by atoms with Crippen LogP contribution in [0.3, 0.4) is 0 Å². The lowest BCUT2D eigenvalue weighted by molar-refractivity contribution is 0.102. The summed E-state index contributed by atoms with van der Waals surface area (Å²) < 4.78 is 0. The van der Waals surface area contributed by atoms with Crippen molar-refractivity contribution in [2.75, 3.05) is 30.4 Å². The highest BCUT2D eigenvalue weighted by Gasteiger charge is 2.21. The standard InChI is InChI=1S/C22H24N4OS/c1-3-26-14-13-18-20(15-26)28-22(23-18)24-21(27)17-11-7-8-12-19(17)25(2)16-9-5-4-6-10-16/h4-12H,3,13-15H2,1-2H3,(H,23,24,27). The van der Waals surface area contributed by atoms with Gasteiger partial charge in [0.1, 0.15) is 0 Å². The molecule has 3 aromatic rings. The summed E-state index contributed by atoms with van der Waals surface area (Å²) in [6.45, 7) is 5.17. The molecule has 5 nitrogen and oxygen atoms in total. The molecule has 4 rings (SSSR count). The van der Waals surface area contributed by atoms with Gasteiger partial charge in [-0.05, 0) is 30.8 Å². The fraction of sp³-hybridized carbons (Fsp3) is 0.273. The Hall–Kier alpha value is -2.70. The highest BCUT2D eigenvalue weighted by molar-refractivity contribution is 7.15. The number of thiazole rings is 1. The molecule has 28 heavy (non-hydrogen) atoms. The second kappa shape index (κ2) is 8.12. The second-order valence-corrected chi connectivity index (χ2v) is 7.96. The van der Waals surface area contributed by atoms with Crippen LogP contribution in [0.1, 0.15) is 27.9 Å². The van der Waals surface area contributed by atoms with Gasteiger partial charge in [0.05, 0.1) is 16.9 Å². The molecule has 1 amide bonds. The summed E-state index contributed by atoms with van der Waals surface area (Å²) in [5, 5.41) is 3.70. The van der Waals surface area contributed by atoms with Crippen LogP contribution in [-0.4, -0.2) is 35.9 Å². The van der Waals surface area contributed by atoms with E-state index in [1.807, 2.05) is 66.5 Å². The number of rotatable bonds is 5. The average Bonchev–Trinajstić information content (AvgIpc) is 3.15. The molecule has 0 saturated heterocycles. The molecular formula is C22H24N4OS. The Balaban J connectivity index is 1.56. The number of likely N-dealkylation sites (N-methyl/N-ethyl adjacent to an activating group) is 1. The number of para-hydroxylation sites is 2. The number of fused-ring (bicyclic) bond motifs is 1. The molecule has 2 heterocycles. The first-order chi connectivity index (χ1) is 13.7. The Morgan fingerprint density at radius 2 is 1.93 bits per heavy atom. The lowest BCUT2D eigenvalue weighted by Gasteiger charge is -2.23. The summed E-state index contributed by atoms with van der Waals surface area (Å²) in [6.07, 6.45) is 0.947. The van der Waals surface area contributed by atoms with Crippen molar-refractivity contribution in [2.24, 2.45) is 0 Å². The summed E-state index contributed by atoms with van der Waals surface area (Å²) >= 11 is 1.59. The number of amides is 1. The third-order valence-corrected chi connectivity index (χ3v) is 6.13. The number of hydrogen-bond donors (Lipinski definition) is 1. The summed E-state index contributed by atoms with van der Waals surface area (Å²) in [5.41, 5.74) is 3.66. The minimum absolute atomic E-state index is 0.128. The van der Waals surface area contributed by atoms with Gasteiger partial charge in [-0.25, -0.2) is 4.98 Å². The van der Waals surface area contributed by atoms with Crippen LogP contribution < -0.4 is 10.2 Å². The van der Waals surface area contributed by atoms with Gasteiger partial charge in [0.2, 0.25) is 0 Å². The average molecular weight is 393 g/mol. The maximum absolute atomic E-state index is 13.0. The van der Waals surface area contributed by atoms with Crippen molar-refractivity contribution in [1.29, 1.82) is 0 Å². The molecule has 0 aliphatic carbocycles. The van der Waals surface area contributed by atoms with Crippen LogP contribution in [0.15, 0.2) is 54.6 Å². The quantitative estimate of drug-likeness (QED) is 0.692. The molecule has 2 aromatic carbocycles. The van der Waals surface area contributed by atoms with Crippen LogP contribution in [0.25, 0.3) is 0 Å². The number of carbonyl (C=O) groups is 1. The van der Waals surface area contributed by atoms with Crippen molar-refractivity contribution in [3.05, 3.63) is 70.7 Å². The van der Waals surface area contributed by atoms with Gasteiger partial charge in [-0.1, -0.05) is 37.3 Å². The van der Waals surface area contributed by atoms with E-state index in [1.54, 1.807) is 11.3 Å². The highest BCUT2D eigenvalue weighted by Crippen LogP contribution is 2.30. The predicted octanol–water partition coefficient (Wildman–Crippen LogP) is 4.54. The fourth-order valence-corrected chi connectivity index (χ4v) is 4.53.